The minimum Gasteiger partial charge on any atom is -0.423 e. The third-order valence-corrected chi connectivity index (χ3v) is 5.17. The molecule has 0 N–H and O–H groups in total. The smallest absolute Gasteiger partial charge is 0.298 e. The Morgan fingerprint density at radius 1 is 1.12 bits per heavy atom. The predicted molar refractivity (Wildman–Crippen MR) is 102 cm³/mol. The van der Waals surface area contributed by atoms with Crippen molar-refractivity contribution in [2.24, 2.45) is 0 Å². The number of halogens is 1. The van der Waals surface area contributed by atoms with Crippen LogP contribution in [0.3, 0.4) is 0 Å². The molecule has 5 heteroatoms. The van der Waals surface area contributed by atoms with Gasteiger partial charge in [-0.25, -0.2) is 0 Å². The molecule has 2 aromatic carbocycles. The average molecular weight is 356 g/mol. The largest absolute Gasteiger partial charge is 0.423 e. The second-order valence-electron chi connectivity index (χ2n) is 6.69. The summed E-state index contributed by atoms with van der Waals surface area (Å²) in [6, 6.07) is 17.5. The van der Waals surface area contributed by atoms with E-state index in [9.17, 15) is 0 Å². The molecule has 0 unspecified atom stereocenters. The summed E-state index contributed by atoms with van der Waals surface area (Å²) in [7, 11) is 0. The average Bonchev–Trinajstić information content (AvgIpc) is 2.95. The first-order chi connectivity index (χ1) is 12.2. The van der Waals surface area contributed by atoms with Crippen molar-refractivity contribution in [2.75, 3.05) is 24.5 Å². The van der Waals surface area contributed by atoms with Crippen LogP contribution in [0.2, 0.25) is 5.02 Å². The molecular formula is C20H22ClN3O. The van der Waals surface area contributed by atoms with Crippen LogP contribution in [0.5, 0.6) is 0 Å². The Balaban J connectivity index is 1.49. The molecule has 0 saturated carbocycles. The quantitative estimate of drug-likeness (QED) is 0.688. The van der Waals surface area contributed by atoms with Gasteiger partial charge in [-0.1, -0.05) is 41.9 Å². The fraction of sp³-hybridized carbons (Fsp3) is 0.350. The maximum absolute atomic E-state index is 6.05. The number of hydrogen-bond acceptors (Lipinski definition) is 4. The molecule has 4 nitrogen and oxygen atoms in total. The van der Waals surface area contributed by atoms with Crippen LogP contribution in [-0.2, 0) is 6.54 Å². The highest BCUT2D eigenvalue weighted by molar-refractivity contribution is 6.31. The Morgan fingerprint density at radius 2 is 1.96 bits per heavy atom. The highest BCUT2D eigenvalue weighted by Crippen LogP contribution is 2.26. The number of nitrogens with zero attached hydrogens (tertiary/aromatic N) is 3. The third kappa shape index (κ3) is 3.65. The highest BCUT2D eigenvalue weighted by atomic mass is 35.5. The molecule has 25 heavy (non-hydrogen) atoms. The Morgan fingerprint density at radius 3 is 2.80 bits per heavy atom. The summed E-state index contributed by atoms with van der Waals surface area (Å²) in [5.41, 5.74) is 2.97. The summed E-state index contributed by atoms with van der Waals surface area (Å²) in [5, 5.41) is 0.686. The molecule has 1 aromatic heterocycles. The van der Waals surface area contributed by atoms with Crippen molar-refractivity contribution in [1.29, 1.82) is 0 Å². The van der Waals surface area contributed by atoms with E-state index >= 15 is 0 Å². The van der Waals surface area contributed by atoms with Crippen molar-refractivity contribution in [3.8, 4) is 0 Å². The van der Waals surface area contributed by atoms with Crippen LogP contribution in [0.25, 0.3) is 11.1 Å². The molecule has 0 spiro atoms. The van der Waals surface area contributed by atoms with Gasteiger partial charge < -0.3 is 9.32 Å². The number of oxazole rings is 1. The molecule has 1 saturated heterocycles. The standard InChI is InChI=1S/C20H22ClN3O/c1-15-9-10-23(11-12-24(15)14-16-5-3-2-4-6-16)20-22-18-13-17(21)7-8-19(18)25-20/h2-8,13,15H,9-12,14H2,1H3/t15-/m1/s1. The molecule has 4 rings (SSSR count). The van der Waals surface area contributed by atoms with Crippen LogP contribution in [0.1, 0.15) is 18.9 Å². The molecule has 1 aliphatic rings. The van der Waals surface area contributed by atoms with Crippen molar-refractivity contribution < 1.29 is 4.42 Å². The monoisotopic (exact) mass is 355 g/mol. The van der Waals surface area contributed by atoms with Crippen LogP contribution in [0.4, 0.5) is 6.01 Å². The second kappa shape index (κ2) is 7.06. The van der Waals surface area contributed by atoms with E-state index in [2.05, 4.69) is 52.0 Å². The van der Waals surface area contributed by atoms with Crippen LogP contribution in [0, 0.1) is 0 Å². The maximum atomic E-state index is 6.05. The summed E-state index contributed by atoms with van der Waals surface area (Å²) < 4.78 is 5.94. The van der Waals surface area contributed by atoms with Gasteiger partial charge in [0.15, 0.2) is 5.58 Å². The van der Waals surface area contributed by atoms with Gasteiger partial charge in [-0.05, 0) is 37.1 Å². The Kier molecular flexibility index (Phi) is 4.64. The fourth-order valence-electron chi connectivity index (χ4n) is 3.37. The van der Waals surface area contributed by atoms with Crippen molar-refractivity contribution in [3.05, 3.63) is 59.1 Å². The van der Waals surface area contributed by atoms with Gasteiger partial charge in [0.2, 0.25) is 0 Å². The van der Waals surface area contributed by atoms with Gasteiger partial charge in [-0.3, -0.25) is 4.90 Å². The zero-order valence-electron chi connectivity index (χ0n) is 14.4. The van der Waals surface area contributed by atoms with Crippen molar-refractivity contribution in [2.45, 2.75) is 25.9 Å². The van der Waals surface area contributed by atoms with Gasteiger partial charge >= 0.3 is 0 Å². The van der Waals surface area contributed by atoms with E-state index in [1.807, 2.05) is 18.2 Å². The van der Waals surface area contributed by atoms with E-state index < -0.39 is 0 Å². The fourth-order valence-corrected chi connectivity index (χ4v) is 3.54. The molecule has 0 amide bonds. The van der Waals surface area contributed by atoms with Crippen LogP contribution in [0.15, 0.2) is 52.9 Å². The van der Waals surface area contributed by atoms with Gasteiger partial charge in [0.05, 0.1) is 0 Å². The summed E-state index contributed by atoms with van der Waals surface area (Å²) in [4.78, 5) is 9.41. The highest BCUT2D eigenvalue weighted by Gasteiger charge is 2.23. The zero-order valence-corrected chi connectivity index (χ0v) is 15.1. The molecule has 130 valence electrons. The molecular weight excluding hydrogens is 334 g/mol. The third-order valence-electron chi connectivity index (χ3n) is 4.93. The van der Waals surface area contributed by atoms with E-state index in [0.29, 0.717) is 17.1 Å². The molecule has 0 aliphatic carbocycles. The molecule has 2 heterocycles. The molecule has 3 aromatic rings. The molecule has 0 bridgehead atoms. The SMILES string of the molecule is C[C@@H]1CCN(c2nc3cc(Cl)ccc3o2)CCN1Cc1ccccc1. The van der Waals surface area contributed by atoms with Crippen LogP contribution in [-0.4, -0.2) is 35.6 Å². The lowest BCUT2D eigenvalue weighted by molar-refractivity contribution is 0.211. The number of anilines is 1. The van der Waals surface area contributed by atoms with Crippen LogP contribution >= 0.6 is 11.6 Å². The first-order valence-corrected chi connectivity index (χ1v) is 9.16. The molecule has 1 fully saturated rings. The van der Waals surface area contributed by atoms with Crippen LogP contribution < -0.4 is 4.90 Å². The predicted octanol–water partition coefficient (Wildman–Crippen LogP) is 4.58. The van der Waals surface area contributed by atoms with Gasteiger partial charge in [0, 0.05) is 37.2 Å². The number of fused-ring (bicyclic) bond motifs is 1. The number of rotatable bonds is 3. The van der Waals surface area contributed by atoms with E-state index in [4.69, 9.17) is 16.0 Å². The lowest BCUT2D eigenvalue weighted by Gasteiger charge is -2.26. The zero-order chi connectivity index (χ0) is 17.2. The summed E-state index contributed by atoms with van der Waals surface area (Å²) in [5.74, 6) is 0. The van der Waals surface area contributed by atoms with Crippen molar-refractivity contribution in [1.82, 2.24) is 9.88 Å². The van der Waals surface area contributed by atoms with Crippen molar-refractivity contribution >= 4 is 28.7 Å². The van der Waals surface area contributed by atoms with Gasteiger partial charge in [-0.15, -0.1) is 0 Å². The van der Waals surface area contributed by atoms with E-state index in [1.165, 1.54) is 5.56 Å². The first-order valence-electron chi connectivity index (χ1n) is 8.78. The number of hydrogen-bond donors (Lipinski definition) is 0. The lowest BCUT2D eigenvalue weighted by atomic mass is 10.1. The minimum atomic E-state index is 0.532. The molecule has 1 aliphatic heterocycles. The molecule has 1 atom stereocenters. The molecule has 0 radical (unpaired) electrons. The van der Waals surface area contributed by atoms with Gasteiger partial charge in [0.1, 0.15) is 5.52 Å². The summed E-state index contributed by atoms with van der Waals surface area (Å²) in [6.45, 7) is 6.15. The Bertz CT molecular complexity index is 849. The lowest BCUT2D eigenvalue weighted by Crippen LogP contribution is -2.34. The second-order valence-corrected chi connectivity index (χ2v) is 7.13. The Labute approximate surface area is 153 Å². The van der Waals surface area contributed by atoms with Gasteiger partial charge in [0.25, 0.3) is 6.01 Å². The Hall–Kier alpha value is -2.04. The van der Waals surface area contributed by atoms with Gasteiger partial charge in [-0.2, -0.15) is 4.98 Å². The number of benzene rings is 2. The summed E-state index contributed by atoms with van der Waals surface area (Å²) >= 11 is 6.05. The summed E-state index contributed by atoms with van der Waals surface area (Å²) in [6.07, 6.45) is 1.09. The first kappa shape index (κ1) is 16.4. The maximum Gasteiger partial charge on any atom is 0.298 e. The normalized spacial score (nSPS) is 19.3. The number of aromatic nitrogens is 1. The minimum absolute atomic E-state index is 0.532. The topological polar surface area (TPSA) is 32.5 Å². The van der Waals surface area contributed by atoms with E-state index in [1.54, 1.807) is 0 Å². The van der Waals surface area contributed by atoms with E-state index in [-0.39, 0.29) is 0 Å². The van der Waals surface area contributed by atoms with E-state index in [0.717, 1.165) is 43.7 Å². The van der Waals surface area contributed by atoms with Crippen molar-refractivity contribution in [3.63, 3.8) is 0 Å².